The largest absolute Gasteiger partial charge is 0.309 e. The standard InChI is InChI=1S/C11H13ClN2O3S/c12-9-2-1-4-13-11(9)14-10(15)6-8-3-5-18(16,17)7-8/h1-2,4,8H,3,5-7H2,(H,13,14,15). The van der Waals surface area contributed by atoms with Crippen LogP contribution in [-0.4, -0.2) is 30.8 Å². The maximum atomic E-state index is 11.7. The van der Waals surface area contributed by atoms with E-state index in [2.05, 4.69) is 10.3 Å². The summed E-state index contributed by atoms with van der Waals surface area (Å²) in [6.45, 7) is 0. The van der Waals surface area contributed by atoms with Crippen molar-refractivity contribution in [3.05, 3.63) is 23.4 Å². The Morgan fingerprint density at radius 1 is 1.56 bits per heavy atom. The minimum absolute atomic E-state index is 0.0936. The molecule has 1 N–H and O–H groups in total. The summed E-state index contributed by atoms with van der Waals surface area (Å²) in [6, 6.07) is 3.30. The molecular formula is C11H13ClN2O3S. The van der Waals surface area contributed by atoms with E-state index in [4.69, 9.17) is 11.6 Å². The molecule has 0 spiro atoms. The first-order valence-corrected chi connectivity index (χ1v) is 7.77. The number of aromatic nitrogens is 1. The number of halogens is 1. The van der Waals surface area contributed by atoms with Crippen LogP contribution in [0.2, 0.25) is 5.02 Å². The molecule has 1 unspecified atom stereocenters. The molecule has 2 rings (SSSR count). The molecule has 98 valence electrons. The molecule has 5 nitrogen and oxygen atoms in total. The fourth-order valence-corrected chi connectivity index (χ4v) is 3.99. The van der Waals surface area contributed by atoms with Crippen LogP contribution in [0.1, 0.15) is 12.8 Å². The minimum atomic E-state index is -2.94. The zero-order valence-corrected chi connectivity index (χ0v) is 11.2. The fourth-order valence-electron chi connectivity index (χ4n) is 1.96. The van der Waals surface area contributed by atoms with Gasteiger partial charge in [0.05, 0.1) is 16.5 Å². The zero-order chi connectivity index (χ0) is 13.2. The first-order chi connectivity index (χ1) is 8.46. The van der Waals surface area contributed by atoms with Gasteiger partial charge >= 0.3 is 0 Å². The maximum Gasteiger partial charge on any atom is 0.225 e. The molecular weight excluding hydrogens is 276 g/mol. The summed E-state index contributed by atoms with van der Waals surface area (Å²) in [7, 11) is -2.94. The van der Waals surface area contributed by atoms with Gasteiger partial charge in [0.1, 0.15) is 0 Å². The van der Waals surface area contributed by atoms with Crippen LogP contribution in [0.3, 0.4) is 0 Å². The third-order valence-corrected chi connectivity index (χ3v) is 4.96. The van der Waals surface area contributed by atoms with E-state index in [1.165, 1.54) is 6.20 Å². The van der Waals surface area contributed by atoms with E-state index >= 15 is 0 Å². The molecule has 0 bridgehead atoms. The average Bonchev–Trinajstić information content (AvgIpc) is 2.61. The highest BCUT2D eigenvalue weighted by Gasteiger charge is 2.29. The van der Waals surface area contributed by atoms with Crippen LogP contribution in [0.5, 0.6) is 0 Å². The van der Waals surface area contributed by atoms with Crippen molar-refractivity contribution in [3.8, 4) is 0 Å². The predicted molar refractivity (Wildman–Crippen MR) is 69.3 cm³/mol. The Morgan fingerprint density at radius 2 is 2.33 bits per heavy atom. The molecule has 0 radical (unpaired) electrons. The van der Waals surface area contributed by atoms with Crippen molar-refractivity contribution in [2.75, 3.05) is 16.8 Å². The molecule has 1 aromatic rings. The van der Waals surface area contributed by atoms with Gasteiger partial charge in [0.25, 0.3) is 0 Å². The number of carbonyl (C=O) groups excluding carboxylic acids is 1. The number of hydrogen-bond acceptors (Lipinski definition) is 4. The van der Waals surface area contributed by atoms with E-state index in [1.807, 2.05) is 0 Å². The number of anilines is 1. The molecule has 0 saturated carbocycles. The van der Waals surface area contributed by atoms with Crippen molar-refractivity contribution in [1.82, 2.24) is 4.98 Å². The van der Waals surface area contributed by atoms with Gasteiger partial charge in [-0.2, -0.15) is 0 Å². The highest BCUT2D eigenvalue weighted by molar-refractivity contribution is 7.91. The third kappa shape index (κ3) is 3.43. The fraction of sp³-hybridized carbons (Fsp3) is 0.455. The molecule has 1 atom stereocenters. The molecule has 1 aliphatic heterocycles. The molecule has 0 aromatic carbocycles. The third-order valence-electron chi connectivity index (χ3n) is 2.82. The Kier molecular flexibility index (Phi) is 3.87. The van der Waals surface area contributed by atoms with Gasteiger partial charge in [0, 0.05) is 12.6 Å². The number of rotatable bonds is 3. The molecule has 1 aliphatic rings. The molecule has 7 heteroatoms. The number of pyridine rings is 1. The number of amides is 1. The zero-order valence-electron chi connectivity index (χ0n) is 9.60. The Balaban J connectivity index is 1.92. The van der Waals surface area contributed by atoms with E-state index in [0.717, 1.165) is 0 Å². The quantitative estimate of drug-likeness (QED) is 0.914. The topological polar surface area (TPSA) is 76.1 Å². The van der Waals surface area contributed by atoms with E-state index in [9.17, 15) is 13.2 Å². The number of sulfone groups is 1. The van der Waals surface area contributed by atoms with Crippen LogP contribution in [0.4, 0.5) is 5.82 Å². The summed E-state index contributed by atoms with van der Waals surface area (Å²) in [5, 5.41) is 2.95. The average molecular weight is 289 g/mol. The molecule has 2 heterocycles. The molecule has 1 saturated heterocycles. The van der Waals surface area contributed by atoms with Gasteiger partial charge < -0.3 is 5.32 Å². The first-order valence-electron chi connectivity index (χ1n) is 5.57. The molecule has 1 amide bonds. The van der Waals surface area contributed by atoms with Crippen LogP contribution >= 0.6 is 11.6 Å². The number of carbonyl (C=O) groups is 1. The maximum absolute atomic E-state index is 11.7. The summed E-state index contributed by atoms with van der Waals surface area (Å²) in [5.74, 6) is 0.228. The lowest BCUT2D eigenvalue weighted by molar-refractivity contribution is -0.116. The summed E-state index contributed by atoms with van der Waals surface area (Å²) < 4.78 is 22.5. The molecule has 1 aromatic heterocycles. The van der Waals surface area contributed by atoms with Crippen molar-refractivity contribution in [3.63, 3.8) is 0 Å². The Bertz CT molecular complexity index is 559. The molecule has 18 heavy (non-hydrogen) atoms. The smallest absolute Gasteiger partial charge is 0.225 e. The lowest BCUT2D eigenvalue weighted by Gasteiger charge is -2.08. The van der Waals surface area contributed by atoms with Crippen molar-refractivity contribution < 1.29 is 13.2 Å². The van der Waals surface area contributed by atoms with Gasteiger partial charge in [-0.1, -0.05) is 11.6 Å². The second kappa shape index (κ2) is 5.24. The van der Waals surface area contributed by atoms with Crippen LogP contribution in [0, 0.1) is 5.92 Å². The lowest BCUT2D eigenvalue weighted by atomic mass is 10.1. The summed E-state index contributed by atoms with van der Waals surface area (Å²) >= 11 is 5.86. The second-order valence-corrected chi connectivity index (χ2v) is 6.99. The van der Waals surface area contributed by atoms with Crippen molar-refractivity contribution in [1.29, 1.82) is 0 Å². The Labute approximate surface area is 110 Å². The van der Waals surface area contributed by atoms with Gasteiger partial charge in [-0.05, 0) is 24.5 Å². The van der Waals surface area contributed by atoms with Gasteiger partial charge in [-0.25, -0.2) is 13.4 Å². The summed E-state index contributed by atoms with van der Waals surface area (Å²) in [5.41, 5.74) is 0. The molecule has 1 fully saturated rings. The normalized spacial score (nSPS) is 21.7. The summed E-state index contributed by atoms with van der Waals surface area (Å²) in [4.78, 5) is 15.7. The summed E-state index contributed by atoms with van der Waals surface area (Å²) in [6.07, 6.45) is 2.26. The first kappa shape index (κ1) is 13.3. The van der Waals surface area contributed by atoms with Crippen molar-refractivity contribution in [2.24, 2.45) is 5.92 Å². The van der Waals surface area contributed by atoms with Gasteiger partial charge in [-0.3, -0.25) is 4.79 Å². The SMILES string of the molecule is O=C(CC1CCS(=O)(=O)C1)Nc1ncccc1Cl. The molecule has 0 aliphatic carbocycles. The highest BCUT2D eigenvalue weighted by Crippen LogP contribution is 2.23. The Hall–Kier alpha value is -1.14. The van der Waals surface area contributed by atoms with Gasteiger partial charge in [0.2, 0.25) is 5.91 Å². The van der Waals surface area contributed by atoms with Crippen LogP contribution in [0.25, 0.3) is 0 Å². The van der Waals surface area contributed by atoms with E-state index < -0.39 is 9.84 Å². The van der Waals surface area contributed by atoms with Gasteiger partial charge in [-0.15, -0.1) is 0 Å². The monoisotopic (exact) mass is 288 g/mol. The predicted octanol–water partition coefficient (Wildman–Crippen LogP) is 1.50. The Morgan fingerprint density at radius 3 is 2.94 bits per heavy atom. The van der Waals surface area contributed by atoms with Crippen molar-refractivity contribution in [2.45, 2.75) is 12.8 Å². The van der Waals surface area contributed by atoms with E-state index in [1.54, 1.807) is 12.1 Å². The van der Waals surface area contributed by atoms with E-state index in [0.29, 0.717) is 17.3 Å². The van der Waals surface area contributed by atoms with Crippen LogP contribution in [0.15, 0.2) is 18.3 Å². The number of hydrogen-bond donors (Lipinski definition) is 1. The second-order valence-electron chi connectivity index (χ2n) is 4.36. The lowest BCUT2D eigenvalue weighted by Crippen LogP contribution is -2.18. The van der Waals surface area contributed by atoms with Crippen LogP contribution < -0.4 is 5.32 Å². The number of nitrogens with one attached hydrogen (secondary N) is 1. The highest BCUT2D eigenvalue weighted by atomic mass is 35.5. The van der Waals surface area contributed by atoms with Crippen LogP contribution in [-0.2, 0) is 14.6 Å². The van der Waals surface area contributed by atoms with Crippen molar-refractivity contribution >= 4 is 33.2 Å². The number of nitrogens with zero attached hydrogens (tertiary/aromatic N) is 1. The minimum Gasteiger partial charge on any atom is -0.309 e. The van der Waals surface area contributed by atoms with Gasteiger partial charge in [0.15, 0.2) is 15.7 Å². The van der Waals surface area contributed by atoms with E-state index in [-0.39, 0.29) is 29.8 Å².